The van der Waals surface area contributed by atoms with Crippen LogP contribution in [0.15, 0.2) is 23.8 Å². The number of hydrogen-bond acceptors (Lipinski definition) is 1. The third-order valence-corrected chi connectivity index (χ3v) is 0.967. The fourth-order valence-electron chi connectivity index (χ4n) is 0.550. The van der Waals surface area contributed by atoms with E-state index in [2.05, 4.69) is 0 Å². The molecule has 0 amide bonds. The molecule has 0 aromatic heterocycles. The van der Waals surface area contributed by atoms with Crippen molar-refractivity contribution in [2.24, 2.45) is 5.73 Å². The summed E-state index contributed by atoms with van der Waals surface area (Å²) in [5, 5.41) is 0. The molecular weight excluding hydrogens is 86.1 g/mol. The summed E-state index contributed by atoms with van der Waals surface area (Å²) < 4.78 is 0. The predicted octanol–water partition coefficient (Wildman–Crippen LogP) is 0.646. The van der Waals surface area contributed by atoms with Crippen LogP contribution in [0.3, 0.4) is 0 Å². The average molecular weight is 94.1 g/mol. The summed E-state index contributed by atoms with van der Waals surface area (Å²) in [5.41, 5.74) is 6.50. The molecule has 1 aliphatic rings. The van der Waals surface area contributed by atoms with Crippen molar-refractivity contribution in [3.05, 3.63) is 30.2 Å². The Morgan fingerprint density at radius 1 is 1.43 bits per heavy atom. The van der Waals surface area contributed by atoms with Gasteiger partial charge in [0, 0.05) is 13.0 Å². The van der Waals surface area contributed by atoms with E-state index >= 15 is 0 Å². The van der Waals surface area contributed by atoms with E-state index in [9.17, 15) is 0 Å². The van der Waals surface area contributed by atoms with Gasteiger partial charge in [-0.25, -0.2) is 0 Å². The second kappa shape index (κ2) is 1.94. The first-order valence-corrected chi connectivity index (χ1v) is 2.34. The Labute approximate surface area is 43.5 Å². The van der Waals surface area contributed by atoms with E-state index < -0.39 is 0 Å². The highest BCUT2D eigenvalue weighted by Crippen LogP contribution is 2.05. The molecule has 0 unspecified atom stereocenters. The van der Waals surface area contributed by atoms with Gasteiger partial charge in [-0.3, -0.25) is 0 Å². The van der Waals surface area contributed by atoms with Crippen molar-refractivity contribution in [3.8, 4) is 0 Å². The van der Waals surface area contributed by atoms with Gasteiger partial charge in [0.25, 0.3) is 0 Å². The molecule has 0 fully saturated rings. The molecule has 0 saturated heterocycles. The molecular formula is C6H8N. The van der Waals surface area contributed by atoms with Crippen LogP contribution in [-0.2, 0) is 0 Å². The monoisotopic (exact) mass is 94.1 g/mol. The van der Waals surface area contributed by atoms with E-state index in [1.807, 2.05) is 24.6 Å². The van der Waals surface area contributed by atoms with Crippen LogP contribution in [0.2, 0.25) is 0 Å². The largest absolute Gasteiger partial charge is 0.327 e. The van der Waals surface area contributed by atoms with Gasteiger partial charge in [-0.1, -0.05) is 18.2 Å². The lowest BCUT2D eigenvalue weighted by Crippen LogP contribution is -2.00. The fourth-order valence-corrected chi connectivity index (χ4v) is 0.550. The van der Waals surface area contributed by atoms with E-state index in [0.717, 1.165) is 0 Å². The Morgan fingerprint density at radius 3 is 2.57 bits per heavy atom. The maximum absolute atomic E-state index is 5.29. The zero-order chi connectivity index (χ0) is 5.11. The highest BCUT2D eigenvalue weighted by Gasteiger charge is 1.92. The smallest absolute Gasteiger partial charge is 0.0146 e. The van der Waals surface area contributed by atoms with Crippen LogP contribution >= 0.6 is 0 Å². The molecule has 37 valence electrons. The molecule has 0 bridgehead atoms. The number of rotatable bonds is 1. The molecule has 1 radical (unpaired) electrons. The average Bonchev–Trinajstić information content (AvgIpc) is 2.14. The van der Waals surface area contributed by atoms with Crippen LogP contribution in [-0.4, -0.2) is 6.54 Å². The van der Waals surface area contributed by atoms with E-state index in [0.29, 0.717) is 6.54 Å². The van der Waals surface area contributed by atoms with Crippen LogP contribution in [0.25, 0.3) is 0 Å². The summed E-state index contributed by atoms with van der Waals surface area (Å²) >= 11 is 0. The van der Waals surface area contributed by atoms with Crippen molar-refractivity contribution < 1.29 is 0 Å². The topological polar surface area (TPSA) is 26.0 Å². The summed E-state index contributed by atoms with van der Waals surface area (Å²) in [5.74, 6) is 0. The van der Waals surface area contributed by atoms with Gasteiger partial charge in [0.1, 0.15) is 0 Å². The molecule has 1 heteroatoms. The highest BCUT2D eigenvalue weighted by molar-refractivity contribution is 5.34. The first-order valence-electron chi connectivity index (χ1n) is 2.34. The summed E-state index contributed by atoms with van der Waals surface area (Å²) in [6.45, 7) is 0.660. The third-order valence-electron chi connectivity index (χ3n) is 0.967. The molecule has 0 saturated carbocycles. The van der Waals surface area contributed by atoms with Gasteiger partial charge >= 0.3 is 0 Å². The van der Waals surface area contributed by atoms with Crippen LogP contribution < -0.4 is 5.73 Å². The molecule has 1 rings (SSSR count). The summed E-state index contributed by atoms with van der Waals surface area (Å²) in [6.07, 6.45) is 8.00. The molecule has 0 spiro atoms. The number of allylic oxidation sites excluding steroid dienone is 3. The van der Waals surface area contributed by atoms with Crippen molar-refractivity contribution >= 4 is 0 Å². The van der Waals surface area contributed by atoms with Crippen molar-refractivity contribution in [2.45, 2.75) is 0 Å². The minimum absolute atomic E-state index is 0.660. The second-order valence-corrected chi connectivity index (χ2v) is 1.50. The quantitative estimate of drug-likeness (QED) is 0.507. The van der Waals surface area contributed by atoms with Crippen molar-refractivity contribution in [1.29, 1.82) is 0 Å². The van der Waals surface area contributed by atoms with Gasteiger partial charge < -0.3 is 5.73 Å². The molecule has 1 nitrogen and oxygen atoms in total. The van der Waals surface area contributed by atoms with Gasteiger partial charge in [0.05, 0.1) is 0 Å². The Kier molecular flexibility index (Phi) is 1.27. The maximum Gasteiger partial charge on any atom is 0.0146 e. The summed E-state index contributed by atoms with van der Waals surface area (Å²) in [6, 6.07) is 0. The van der Waals surface area contributed by atoms with Crippen LogP contribution in [0.1, 0.15) is 0 Å². The lowest BCUT2D eigenvalue weighted by Gasteiger charge is -1.88. The van der Waals surface area contributed by atoms with Gasteiger partial charge in [0.2, 0.25) is 0 Å². The summed E-state index contributed by atoms with van der Waals surface area (Å²) in [7, 11) is 0. The Hall–Kier alpha value is -0.560. The van der Waals surface area contributed by atoms with E-state index in [1.165, 1.54) is 5.57 Å². The van der Waals surface area contributed by atoms with Gasteiger partial charge in [0.15, 0.2) is 0 Å². The highest BCUT2D eigenvalue weighted by atomic mass is 14.5. The lowest BCUT2D eigenvalue weighted by molar-refractivity contribution is 1.17. The SMILES string of the molecule is NCC1=CC=C[CH]1. The van der Waals surface area contributed by atoms with Gasteiger partial charge in [-0.2, -0.15) is 0 Å². The van der Waals surface area contributed by atoms with Crippen molar-refractivity contribution in [2.75, 3.05) is 6.54 Å². The molecule has 0 atom stereocenters. The molecule has 0 aliphatic heterocycles. The molecule has 2 N–H and O–H groups in total. The van der Waals surface area contributed by atoms with E-state index in [1.54, 1.807) is 0 Å². The minimum atomic E-state index is 0.660. The van der Waals surface area contributed by atoms with Crippen LogP contribution in [0.5, 0.6) is 0 Å². The molecule has 0 aromatic rings. The second-order valence-electron chi connectivity index (χ2n) is 1.50. The Bertz CT molecular complexity index is 111. The lowest BCUT2D eigenvalue weighted by atomic mass is 10.2. The molecule has 1 aliphatic carbocycles. The fraction of sp³-hybridized carbons (Fsp3) is 0.167. The van der Waals surface area contributed by atoms with Crippen molar-refractivity contribution in [3.63, 3.8) is 0 Å². The van der Waals surface area contributed by atoms with Gasteiger partial charge in [-0.05, 0) is 5.57 Å². The van der Waals surface area contributed by atoms with Gasteiger partial charge in [-0.15, -0.1) is 0 Å². The summed E-state index contributed by atoms with van der Waals surface area (Å²) in [4.78, 5) is 0. The maximum atomic E-state index is 5.29. The number of nitrogens with two attached hydrogens (primary N) is 1. The first-order chi connectivity index (χ1) is 3.43. The standard InChI is InChI=1S/C6H8N/c7-5-6-3-1-2-4-6/h1-4H,5,7H2. The minimum Gasteiger partial charge on any atom is -0.327 e. The normalized spacial score (nSPS) is 17.6. The predicted molar refractivity (Wildman–Crippen MR) is 30.6 cm³/mol. The van der Waals surface area contributed by atoms with Crippen LogP contribution in [0.4, 0.5) is 0 Å². The zero-order valence-electron chi connectivity index (χ0n) is 4.09. The van der Waals surface area contributed by atoms with E-state index in [-0.39, 0.29) is 0 Å². The Balaban J connectivity index is 2.45. The molecule has 0 heterocycles. The van der Waals surface area contributed by atoms with E-state index in [4.69, 9.17) is 5.73 Å². The van der Waals surface area contributed by atoms with Crippen molar-refractivity contribution in [1.82, 2.24) is 0 Å². The van der Waals surface area contributed by atoms with Crippen LogP contribution in [0, 0.1) is 6.42 Å². The third kappa shape index (κ3) is 0.904. The number of hydrogen-bond donors (Lipinski definition) is 1. The molecule has 0 aromatic carbocycles. The zero-order valence-corrected chi connectivity index (χ0v) is 4.09. The molecule has 7 heavy (non-hydrogen) atoms. The first kappa shape index (κ1) is 4.60. The Morgan fingerprint density at radius 2 is 2.29 bits per heavy atom.